The lowest BCUT2D eigenvalue weighted by atomic mass is 10.4. The highest BCUT2D eigenvalue weighted by molar-refractivity contribution is 7.84. The summed E-state index contributed by atoms with van der Waals surface area (Å²) in [6.45, 7) is 3.12. The minimum absolute atomic E-state index is 0.176. The molecule has 6 nitrogen and oxygen atoms in total. The van der Waals surface area contributed by atoms with E-state index in [0.717, 1.165) is 11.7 Å². The molecule has 17 heavy (non-hydrogen) atoms. The van der Waals surface area contributed by atoms with E-state index in [2.05, 4.69) is 14.1 Å². The van der Waals surface area contributed by atoms with Crippen molar-refractivity contribution >= 4 is 22.5 Å². The Kier molecular flexibility index (Phi) is 7.25. The molecule has 2 atom stereocenters. The molecule has 0 fully saturated rings. The highest BCUT2D eigenvalue weighted by Crippen LogP contribution is 2.04. The molecule has 0 saturated heterocycles. The summed E-state index contributed by atoms with van der Waals surface area (Å²) < 4.78 is 23.9. The zero-order valence-electron chi connectivity index (χ0n) is 9.66. The highest BCUT2D eigenvalue weighted by atomic mass is 32.2. The number of hydrogen-bond acceptors (Lipinski definition) is 7. The lowest BCUT2D eigenvalue weighted by Crippen LogP contribution is -2.33. The molecule has 2 unspecified atom stereocenters. The maximum atomic E-state index is 11.1. The third kappa shape index (κ3) is 6.67. The van der Waals surface area contributed by atoms with E-state index in [9.17, 15) is 9.32 Å². The second-order valence-corrected chi connectivity index (χ2v) is 5.77. The molecule has 0 aromatic carbocycles. The minimum atomic E-state index is -0.762. The van der Waals surface area contributed by atoms with Crippen molar-refractivity contribution in [1.29, 1.82) is 0 Å². The third-order valence-corrected chi connectivity index (χ3v) is 3.74. The first kappa shape index (κ1) is 14.5. The number of aliphatic hydroxyl groups excluding tert-OH is 1. The number of aliphatic hydroxyl groups is 1. The van der Waals surface area contributed by atoms with Crippen LogP contribution in [0.3, 0.4) is 0 Å². The van der Waals surface area contributed by atoms with Crippen molar-refractivity contribution in [2.24, 2.45) is 0 Å². The molecule has 0 aliphatic carbocycles. The van der Waals surface area contributed by atoms with Gasteiger partial charge in [0.15, 0.2) is 0 Å². The van der Waals surface area contributed by atoms with E-state index in [0.29, 0.717) is 30.5 Å². The van der Waals surface area contributed by atoms with Crippen molar-refractivity contribution in [3.05, 3.63) is 6.20 Å². The molecular formula is C9H17N3O3S2. The summed E-state index contributed by atoms with van der Waals surface area (Å²) in [5, 5.41) is 12.6. The van der Waals surface area contributed by atoms with Gasteiger partial charge in [-0.15, -0.1) is 4.37 Å². The van der Waals surface area contributed by atoms with Crippen LogP contribution < -0.4 is 10.1 Å². The van der Waals surface area contributed by atoms with E-state index < -0.39 is 16.9 Å². The Labute approximate surface area is 107 Å². The van der Waals surface area contributed by atoms with E-state index in [-0.39, 0.29) is 6.61 Å². The molecule has 0 bridgehead atoms. The van der Waals surface area contributed by atoms with Gasteiger partial charge in [-0.1, -0.05) is 6.92 Å². The van der Waals surface area contributed by atoms with Gasteiger partial charge < -0.3 is 15.2 Å². The first-order valence-corrected chi connectivity index (χ1v) is 7.58. The maximum Gasteiger partial charge on any atom is 0.245 e. The first-order chi connectivity index (χ1) is 8.22. The average molecular weight is 279 g/mol. The molecule has 0 aliphatic heterocycles. The van der Waals surface area contributed by atoms with Gasteiger partial charge in [-0.05, 0) is 0 Å². The summed E-state index contributed by atoms with van der Waals surface area (Å²) in [5.74, 6) is 1.71. The molecule has 1 aromatic heterocycles. The van der Waals surface area contributed by atoms with Crippen molar-refractivity contribution in [3.8, 4) is 5.88 Å². The van der Waals surface area contributed by atoms with Crippen LogP contribution in [-0.2, 0) is 10.8 Å². The largest absolute Gasteiger partial charge is 0.473 e. The lowest BCUT2D eigenvalue weighted by Gasteiger charge is -2.11. The SMILES string of the molecule is CCS(=O)CCNCC(O)COc1cnsn1. The van der Waals surface area contributed by atoms with Crippen molar-refractivity contribution in [2.75, 3.05) is 31.2 Å². The van der Waals surface area contributed by atoms with Crippen LogP contribution in [-0.4, -0.2) is 55.4 Å². The van der Waals surface area contributed by atoms with Gasteiger partial charge in [-0.25, -0.2) is 0 Å². The van der Waals surface area contributed by atoms with Gasteiger partial charge in [0.2, 0.25) is 5.88 Å². The van der Waals surface area contributed by atoms with Gasteiger partial charge >= 0.3 is 0 Å². The zero-order chi connectivity index (χ0) is 12.5. The van der Waals surface area contributed by atoms with Crippen molar-refractivity contribution in [3.63, 3.8) is 0 Å². The molecule has 0 radical (unpaired) electrons. The molecule has 0 amide bonds. The summed E-state index contributed by atoms with van der Waals surface area (Å²) in [4.78, 5) is 0. The minimum Gasteiger partial charge on any atom is -0.473 e. The fraction of sp³-hybridized carbons (Fsp3) is 0.778. The molecule has 0 saturated carbocycles. The van der Waals surface area contributed by atoms with Crippen LogP contribution >= 0.6 is 11.7 Å². The van der Waals surface area contributed by atoms with Crippen LogP contribution in [0.5, 0.6) is 5.88 Å². The fourth-order valence-corrected chi connectivity index (χ4v) is 2.08. The van der Waals surface area contributed by atoms with Crippen LogP contribution in [0.2, 0.25) is 0 Å². The standard InChI is InChI=1S/C9H17N3O3S2/c1-2-17(14)4-3-10-5-8(13)7-15-9-6-11-16-12-9/h6,8,10,13H,2-5,7H2,1H3. The third-order valence-electron chi connectivity index (χ3n) is 1.97. The summed E-state index contributed by atoms with van der Waals surface area (Å²) in [5.41, 5.74) is 0. The molecule has 0 spiro atoms. The molecule has 8 heteroatoms. The van der Waals surface area contributed by atoms with Crippen LogP contribution in [0.1, 0.15) is 6.92 Å². The van der Waals surface area contributed by atoms with Gasteiger partial charge in [0.1, 0.15) is 18.9 Å². The van der Waals surface area contributed by atoms with E-state index in [1.807, 2.05) is 6.92 Å². The Balaban J connectivity index is 2.01. The van der Waals surface area contributed by atoms with Crippen molar-refractivity contribution < 1.29 is 14.1 Å². The Morgan fingerprint density at radius 1 is 1.71 bits per heavy atom. The number of nitrogens with one attached hydrogen (secondary N) is 1. The molecule has 1 rings (SSSR count). The van der Waals surface area contributed by atoms with Gasteiger partial charge in [0, 0.05) is 35.4 Å². The number of hydrogen-bond donors (Lipinski definition) is 2. The second-order valence-electron chi connectivity index (χ2n) is 3.35. The van der Waals surface area contributed by atoms with E-state index >= 15 is 0 Å². The fourth-order valence-electron chi connectivity index (χ4n) is 1.06. The normalized spacial score (nSPS) is 14.5. The molecule has 98 valence electrons. The number of nitrogens with zero attached hydrogens (tertiary/aromatic N) is 2. The summed E-state index contributed by atoms with van der Waals surface area (Å²) in [6, 6.07) is 0. The summed E-state index contributed by atoms with van der Waals surface area (Å²) in [6.07, 6.45) is 0.904. The van der Waals surface area contributed by atoms with E-state index in [1.54, 1.807) is 0 Å². The first-order valence-electron chi connectivity index (χ1n) is 5.36. The number of rotatable bonds is 9. The van der Waals surface area contributed by atoms with Gasteiger partial charge in [-0.2, -0.15) is 4.37 Å². The quantitative estimate of drug-likeness (QED) is 0.600. The van der Waals surface area contributed by atoms with Gasteiger partial charge in [-0.3, -0.25) is 4.21 Å². The topological polar surface area (TPSA) is 84.3 Å². The number of ether oxygens (including phenoxy) is 1. The highest BCUT2D eigenvalue weighted by Gasteiger charge is 2.06. The molecule has 1 heterocycles. The predicted molar refractivity (Wildman–Crippen MR) is 67.8 cm³/mol. The van der Waals surface area contributed by atoms with Crippen molar-refractivity contribution in [1.82, 2.24) is 14.1 Å². The monoisotopic (exact) mass is 279 g/mol. The van der Waals surface area contributed by atoms with Crippen LogP contribution in [0.4, 0.5) is 0 Å². The van der Waals surface area contributed by atoms with Crippen LogP contribution in [0.25, 0.3) is 0 Å². The van der Waals surface area contributed by atoms with Gasteiger partial charge in [0.05, 0.1) is 11.7 Å². The van der Waals surface area contributed by atoms with E-state index in [4.69, 9.17) is 4.74 Å². The number of aromatic nitrogens is 2. The molecule has 0 aliphatic rings. The molecule has 1 aromatic rings. The second kappa shape index (κ2) is 8.51. The Bertz CT molecular complexity index is 321. The predicted octanol–water partition coefficient (Wildman–Crippen LogP) is -0.364. The van der Waals surface area contributed by atoms with Crippen LogP contribution in [0.15, 0.2) is 6.20 Å². The molecular weight excluding hydrogens is 262 g/mol. The summed E-state index contributed by atoms with van der Waals surface area (Å²) in [7, 11) is -0.762. The molecule has 2 N–H and O–H groups in total. The Hall–Kier alpha value is -0.570. The zero-order valence-corrected chi connectivity index (χ0v) is 11.3. The Morgan fingerprint density at radius 3 is 3.18 bits per heavy atom. The maximum absolute atomic E-state index is 11.1. The lowest BCUT2D eigenvalue weighted by molar-refractivity contribution is 0.105. The summed E-state index contributed by atoms with van der Waals surface area (Å²) >= 11 is 1.06. The van der Waals surface area contributed by atoms with E-state index in [1.165, 1.54) is 6.20 Å². The Morgan fingerprint density at radius 2 is 2.53 bits per heavy atom. The average Bonchev–Trinajstić information content (AvgIpc) is 2.84. The van der Waals surface area contributed by atoms with Crippen LogP contribution in [0, 0.1) is 0 Å². The van der Waals surface area contributed by atoms with Crippen molar-refractivity contribution in [2.45, 2.75) is 13.0 Å². The smallest absolute Gasteiger partial charge is 0.245 e. The van der Waals surface area contributed by atoms with Gasteiger partial charge in [0.25, 0.3) is 0 Å².